The van der Waals surface area contributed by atoms with Crippen LogP contribution in [0.4, 0.5) is 0 Å². The number of halogens is 1. The summed E-state index contributed by atoms with van der Waals surface area (Å²) >= 11 is 5.51. The van der Waals surface area contributed by atoms with E-state index in [1.54, 1.807) is 0 Å². The number of rotatable bonds is 4. The standard InChI is InChI=1S/C11H13ClN4O/c1-8(13-10(17)5-6-12)11-15-14-9-4-2-3-7-16(9)11/h2-4,7-8H,5-6H2,1H3,(H,13,17). The topological polar surface area (TPSA) is 59.3 Å². The molecule has 1 unspecified atom stereocenters. The molecule has 2 rings (SSSR count). The van der Waals surface area contributed by atoms with Crippen LogP contribution >= 0.6 is 11.6 Å². The van der Waals surface area contributed by atoms with Gasteiger partial charge in [-0.25, -0.2) is 0 Å². The molecule has 17 heavy (non-hydrogen) atoms. The summed E-state index contributed by atoms with van der Waals surface area (Å²) in [7, 11) is 0. The lowest BCUT2D eigenvalue weighted by molar-refractivity contribution is -0.121. The second kappa shape index (κ2) is 5.14. The molecule has 0 aliphatic carbocycles. The summed E-state index contributed by atoms with van der Waals surface area (Å²) in [6, 6.07) is 5.46. The Morgan fingerprint density at radius 2 is 2.35 bits per heavy atom. The van der Waals surface area contributed by atoms with Gasteiger partial charge in [-0.3, -0.25) is 9.20 Å². The van der Waals surface area contributed by atoms with Gasteiger partial charge < -0.3 is 5.32 Å². The van der Waals surface area contributed by atoms with Crippen molar-refractivity contribution < 1.29 is 4.79 Å². The Balaban J connectivity index is 2.19. The summed E-state index contributed by atoms with van der Waals surface area (Å²) in [5, 5.41) is 10.9. The van der Waals surface area contributed by atoms with E-state index in [4.69, 9.17) is 11.6 Å². The lowest BCUT2D eigenvalue weighted by atomic mass is 10.3. The van der Waals surface area contributed by atoms with E-state index in [1.807, 2.05) is 35.7 Å². The zero-order valence-electron chi connectivity index (χ0n) is 9.43. The van der Waals surface area contributed by atoms with Crippen LogP contribution in [-0.2, 0) is 4.79 Å². The maximum Gasteiger partial charge on any atom is 0.221 e. The summed E-state index contributed by atoms with van der Waals surface area (Å²) in [5.41, 5.74) is 0.765. The fraction of sp³-hybridized carbons (Fsp3) is 0.364. The van der Waals surface area contributed by atoms with Crippen LogP contribution in [0.15, 0.2) is 24.4 Å². The van der Waals surface area contributed by atoms with E-state index in [2.05, 4.69) is 15.5 Å². The molecule has 1 N–H and O–H groups in total. The Morgan fingerprint density at radius 3 is 3.12 bits per heavy atom. The van der Waals surface area contributed by atoms with Crippen LogP contribution in [0.5, 0.6) is 0 Å². The first-order chi connectivity index (χ1) is 8.22. The molecule has 0 saturated carbocycles. The van der Waals surface area contributed by atoms with E-state index < -0.39 is 0 Å². The van der Waals surface area contributed by atoms with Crippen molar-refractivity contribution in [2.75, 3.05) is 5.88 Å². The number of nitrogens with one attached hydrogen (secondary N) is 1. The Labute approximate surface area is 104 Å². The zero-order valence-corrected chi connectivity index (χ0v) is 10.2. The highest BCUT2D eigenvalue weighted by atomic mass is 35.5. The molecule has 1 amide bonds. The van der Waals surface area contributed by atoms with E-state index in [9.17, 15) is 4.79 Å². The molecule has 0 radical (unpaired) electrons. The first-order valence-electron chi connectivity index (χ1n) is 5.37. The monoisotopic (exact) mass is 252 g/mol. The summed E-state index contributed by atoms with van der Waals surface area (Å²) < 4.78 is 1.85. The lowest BCUT2D eigenvalue weighted by Gasteiger charge is -2.11. The van der Waals surface area contributed by atoms with E-state index in [0.717, 1.165) is 5.65 Å². The Kier molecular flexibility index (Phi) is 3.58. The van der Waals surface area contributed by atoms with Crippen molar-refractivity contribution >= 4 is 23.2 Å². The molecule has 1 atom stereocenters. The van der Waals surface area contributed by atoms with Gasteiger partial charge in [0.15, 0.2) is 11.5 Å². The SMILES string of the molecule is CC(NC(=O)CCCl)c1nnc2ccccn12. The minimum absolute atomic E-state index is 0.0832. The van der Waals surface area contributed by atoms with Crippen molar-refractivity contribution in [3.05, 3.63) is 30.2 Å². The molecular weight excluding hydrogens is 240 g/mol. The molecule has 0 fully saturated rings. The Hall–Kier alpha value is -1.62. The smallest absolute Gasteiger partial charge is 0.221 e. The van der Waals surface area contributed by atoms with Crippen LogP contribution in [0, 0.1) is 0 Å². The summed E-state index contributed by atoms with van der Waals surface area (Å²) in [6.45, 7) is 1.87. The average Bonchev–Trinajstić information content (AvgIpc) is 2.72. The highest BCUT2D eigenvalue weighted by molar-refractivity contribution is 6.18. The van der Waals surface area contributed by atoms with Crippen molar-refractivity contribution in [2.45, 2.75) is 19.4 Å². The molecule has 0 aliphatic rings. The summed E-state index contributed by atoms with van der Waals surface area (Å²) in [5.74, 6) is 0.947. The van der Waals surface area contributed by atoms with E-state index >= 15 is 0 Å². The summed E-state index contributed by atoms with van der Waals surface area (Å²) in [4.78, 5) is 11.4. The number of carbonyl (C=O) groups is 1. The third-order valence-corrected chi connectivity index (χ3v) is 2.62. The van der Waals surface area contributed by atoms with Gasteiger partial charge in [-0.05, 0) is 19.1 Å². The van der Waals surface area contributed by atoms with Gasteiger partial charge >= 0.3 is 0 Å². The van der Waals surface area contributed by atoms with Gasteiger partial charge in [0.2, 0.25) is 5.91 Å². The molecule has 0 spiro atoms. The predicted octanol–water partition coefficient (Wildman–Crippen LogP) is 1.54. The molecule has 2 aromatic heterocycles. The maximum atomic E-state index is 11.4. The van der Waals surface area contributed by atoms with Gasteiger partial charge in [-0.15, -0.1) is 21.8 Å². The van der Waals surface area contributed by atoms with Crippen molar-refractivity contribution in [3.63, 3.8) is 0 Å². The third-order valence-electron chi connectivity index (χ3n) is 2.43. The van der Waals surface area contributed by atoms with Crippen LogP contribution in [0.2, 0.25) is 0 Å². The fourth-order valence-corrected chi connectivity index (χ4v) is 1.79. The highest BCUT2D eigenvalue weighted by Crippen LogP contribution is 2.11. The minimum atomic E-state index is -0.192. The molecule has 0 aliphatic heterocycles. The van der Waals surface area contributed by atoms with Crippen LogP contribution in [0.1, 0.15) is 25.2 Å². The van der Waals surface area contributed by atoms with E-state index in [0.29, 0.717) is 18.1 Å². The fourth-order valence-electron chi connectivity index (χ4n) is 1.62. The number of hydrogen-bond donors (Lipinski definition) is 1. The minimum Gasteiger partial charge on any atom is -0.346 e. The van der Waals surface area contributed by atoms with Gasteiger partial charge in [-0.1, -0.05) is 6.07 Å². The lowest BCUT2D eigenvalue weighted by Crippen LogP contribution is -2.28. The largest absolute Gasteiger partial charge is 0.346 e. The molecular formula is C11H13ClN4O. The van der Waals surface area contributed by atoms with Crippen LogP contribution < -0.4 is 5.32 Å². The Bertz CT molecular complexity index is 525. The molecule has 2 heterocycles. The average molecular weight is 253 g/mol. The molecule has 0 saturated heterocycles. The second-order valence-corrected chi connectivity index (χ2v) is 4.09. The normalized spacial score (nSPS) is 12.6. The molecule has 6 heteroatoms. The number of nitrogens with zero attached hydrogens (tertiary/aromatic N) is 3. The summed E-state index contributed by atoms with van der Waals surface area (Å²) in [6.07, 6.45) is 2.18. The predicted molar refractivity (Wildman–Crippen MR) is 64.9 cm³/mol. The zero-order chi connectivity index (χ0) is 12.3. The third kappa shape index (κ3) is 2.55. The quantitative estimate of drug-likeness (QED) is 0.840. The van der Waals surface area contributed by atoms with Crippen LogP contribution in [0.3, 0.4) is 0 Å². The van der Waals surface area contributed by atoms with Crippen molar-refractivity contribution in [1.82, 2.24) is 19.9 Å². The van der Waals surface area contributed by atoms with Crippen molar-refractivity contribution in [1.29, 1.82) is 0 Å². The van der Waals surface area contributed by atoms with Crippen LogP contribution in [0.25, 0.3) is 5.65 Å². The Morgan fingerprint density at radius 1 is 1.53 bits per heavy atom. The van der Waals surface area contributed by atoms with Crippen molar-refractivity contribution in [2.24, 2.45) is 0 Å². The molecule has 0 aromatic carbocycles. The molecule has 5 nitrogen and oxygen atoms in total. The maximum absolute atomic E-state index is 11.4. The second-order valence-electron chi connectivity index (χ2n) is 3.72. The first kappa shape index (κ1) is 11.9. The van der Waals surface area contributed by atoms with Gasteiger partial charge in [0, 0.05) is 18.5 Å². The van der Waals surface area contributed by atoms with E-state index in [-0.39, 0.29) is 11.9 Å². The van der Waals surface area contributed by atoms with Crippen molar-refractivity contribution in [3.8, 4) is 0 Å². The molecule has 2 aromatic rings. The van der Waals surface area contributed by atoms with Gasteiger partial charge in [-0.2, -0.15) is 0 Å². The number of hydrogen-bond acceptors (Lipinski definition) is 3. The van der Waals surface area contributed by atoms with Crippen LogP contribution in [-0.4, -0.2) is 26.4 Å². The number of amides is 1. The number of pyridine rings is 1. The number of alkyl halides is 1. The van der Waals surface area contributed by atoms with Gasteiger partial charge in [0.05, 0.1) is 6.04 Å². The van der Waals surface area contributed by atoms with Gasteiger partial charge in [0.1, 0.15) is 0 Å². The number of carbonyl (C=O) groups excluding carboxylic acids is 1. The number of fused-ring (bicyclic) bond motifs is 1. The number of aromatic nitrogens is 3. The van der Waals surface area contributed by atoms with Gasteiger partial charge in [0.25, 0.3) is 0 Å². The molecule has 90 valence electrons. The highest BCUT2D eigenvalue weighted by Gasteiger charge is 2.14. The first-order valence-corrected chi connectivity index (χ1v) is 5.91. The molecule has 0 bridgehead atoms. The van der Waals surface area contributed by atoms with E-state index in [1.165, 1.54) is 0 Å².